The van der Waals surface area contributed by atoms with Crippen LogP contribution < -0.4 is 4.74 Å². The highest BCUT2D eigenvalue weighted by Gasteiger charge is 2.68. The number of benzene rings is 1. The molecule has 30 heavy (non-hydrogen) atoms. The number of hydrogen-bond acceptors (Lipinski definition) is 8. The third kappa shape index (κ3) is 5.93. The first-order chi connectivity index (χ1) is 13.5. The van der Waals surface area contributed by atoms with Gasteiger partial charge < -0.3 is 18.8 Å². The summed E-state index contributed by atoms with van der Waals surface area (Å²) in [6.45, 7) is 0.405. The molecule has 1 aromatic rings. The van der Waals surface area contributed by atoms with Gasteiger partial charge in [0.2, 0.25) is 5.83 Å². The zero-order chi connectivity index (χ0) is 23.4. The molecule has 0 bridgehead atoms. The third-order valence-corrected chi connectivity index (χ3v) is 4.05. The fourth-order valence-corrected chi connectivity index (χ4v) is 2.01. The number of esters is 2. The predicted octanol–water partition coefficient (Wildman–Crippen LogP) is 2.42. The summed E-state index contributed by atoms with van der Waals surface area (Å²) in [5, 5.41) is -5.10. The molecule has 1 atom stereocenters. The maximum atomic E-state index is 13.6. The van der Waals surface area contributed by atoms with Gasteiger partial charge in [-0.1, -0.05) is 24.8 Å². The van der Waals surface area contributed by atoms with Gasteiger partial charge in [0.15, 0.2) is 10.1 Å². The first-order valence-electron chi connectivity index (χ1n) is 7.42. The number of para-hydroxylation sites is 1. The molecule has 0 N–H and O–H groups in total. The van der Waals surface area contributed by atoms with Crippen LogP contribution in [0.3, 0.4) is 0 Å². The minimum atomic E-state index is -6.30. The SMILES string of the molecule is C=C(F)C(=O)OC(OCCC(F)(F)S(=O)(=O)[O-])(C(=O)Oc1ccccc1)C(F)(F)F. The Morgan fingerprint density at radius 3 is 2.03 bits per heavy atom. The quantitative estimate of drug-likeness (QED) is 0.136. The molecular weight excluding hydrogens is 454 g/mol. The van der Waals surface area contributed by atoms with Crippen LogP contribution in [0.15, 0.2) is 42.7 Å². The number of rotatable bonds is 9. The Morgan fingerprint density at radius 2 is 1.60 bits per heavy atom. The van der Waals surface area contributed by atoms with Crippen molar-refractivity contribution in [1.29, 1.82) is 0 Å². The van der Waals surface area contributed by atoms with Gasteiger partial charge in [0.05, 0.1) is 6.61 Å². The van der Waals surface area contributed by atoms with Crippen LogP contribution in [0, 0.1) is 0 Å². The molecule has 0 saturated heterocycles. The summed E-state index contributed by atoms with van der Waals surface area (Å²) in [6.07, 6.45) is -8.20. The molecule has 0 heterocycles. The van der Waals surface area contributed by atoms with Crippen molar-refractivity contribution >= 4 is 22.1 Å². The molecule has 0 amide bonds. The predicted molar refractivity (Wildman–Crippen MR) is 82.4 cm³/mol. The lowest BCUT2D eigenvalue weighted by Gasteiger charge is -2.32. The third-order valence-electron chi connectivity index (χ3n) is 3.12. The monoisotopic (exact) mass is 465 g/mol. The van der Waals surface area contributed by atoms with Gasteiger partial charge in [0.1, 0.15) is 5.75 Å². The van der Waals surface area contributed by atoms with Gasteiger partial charge in [0.25, 0.3) is 0 Å². The lowest BCUT2D eigenvalue weighted by molar-refractivity contribution is -0.353. The van der Waals surface area contributed by atoms with Gasteiger partial charge in [-0.2, -0.15) is 26.3 Å². The molecule has 0 aliphatic rings. The smallest absolute Gasteiger partial charge is 0.468 e. The maximum absolute atomic E-state index is 13.6. The van der Waals surface area contributed by atoms with Gasteiger partial charge in [-0.15, -0.1) is 0 Å². The van der Waals surface area contributed by atoms with Gasteiger partial charge in [-0.05, 0) is 12.1 Å². The second-order valence-electron chi connectivity index (χ2n) is 5.30. The summed E-state index contributed by atoms with van der Waals surface area (Å²) in [5.74, 6) is -12.4. The van der Waals surface area contributed by atoms with Gasteiger partial charge >= 0.3 is 29.2 Å². The molecule has 168 valence electrons. The number of halogens is 6. The number of hydrogen-bond donors (Lipinski definition) is 0. The summed E-state index contributed by atoms with van der Waals surface area (Å²) in [6, 6.07) is 5.77. The molecule has 0 radical (unpaired) electrons. The van der Waals surface area contributed by atoms with E-state index in [0.717, 1.165) is 12.1 Å². The van der Waals surface area contributed by atoms with Crippen LogP contribution >= 0.6 is 0 Å². The molecule has 0 aliphatic carbocycles. The standard InChI is InChI=1S/C15H12F6O8S/c1-9(16)11(22)29-14(15(19,20)21,12(23)28-10-5-3-2-4-6-10)27-8-7-13(17,18)30(24,25)26/h2-6H,1,7-8H2,(H,24,25,26)/p-1. The molecule has 0 aromatic heterocycles. The average Bonchev–Trinajstić information content (AvgIpc) is 2.59. The lowest BCUT2D eigenvalue weighted by atomic mass is 10.2. The second-order valence-corrected chi connectivity index (χ2v) is 6.81. The van der Waals surface area contributed by atoms with E-state index in [1.807, 2.05) is 0 Å². The van der Waals surface area contributed by atoms with Crippen molar-refractivity contribution in [2.75, 3.05) is 6.61 Å². The van der Waals surface area contributed by atoms with E-state index in [2.05, 4.69) is 20.8 Å². The van der Waals surface area contributed by atoms with E-state index < -0.39 is 63.9 Å². The van der Waals surface area contributed by atoms with E-state index >= 15 is 0 Å². The van der Waals surface area contributed by atoms with Crippen molar-refractivity contribution in [2.24, 2.45) is 0 Å². The summed E-state index contributed by atoms with van der Waals surface area (Å²) in [4.78, 5) is 23.4. The van der Waals surface area contributed by atoms with Crippen LogP contribution in [0.5, 0.6) is 5.75 Å². The summed E-state index contributed by atoms with van der Waals surface area (Å²) in [7, 11) is -6.30. The van der Waals surface area contributed by atoms with Crippen LogP contribution in [0.1, 0.15) is 6.42 Å². The first kappa shape index (κ1) is 25.4. The Labute approximate surface area is 164 Å². The maximum Gasteiger partial charge on any atom is 0.468 e. The highest BCUT2D eigenvalue weighted by molar-refractivity contribution is 7.86. The number of ether oxygens (including phenoxy) is 3. The number of alkyl halides is 5. The summed E-state index contributed by atoms with van der Waals surface area (Å²) in [5.41, 5.74) is 0. The fourth-order valence-electron chi connectivity index (χ4n) is 1.67. The Hall–Kier alpha value is -2.65. The fraction of sp³-hybridized carbons (Fsp3) is 0.333. The molecular formula is C15H11F6O8S-. The first-order valence-corrected chi connectivity index (χ1v) is 8.83. The molecule has 0 saturated carbocycles. The van der Waals surface area contributed by atoms with Crippen LogP contribution in [0.25, 0.3) is 0 Å². The largest absolute Gasteiger partial charge is 0.743 e. The van der Waals surface area contributed by atoms with Crippen molar-refractivity contribution in [3.63, 3.8) is 0 Å². The van der Waals surface area contributed by atoms with E-state index in [0.29, 0.717) is 0 Å². The van der Waals surface area contributed by atoms with Crippen LogP contribution in [-0.4, -0.2) is 48.7 Å². The molecule has 1 rings (SSSR count). The van der Waals surface area contributed by atoms with Crippen LogP contribution in [-0.2, 0) is 29.2 Å². The molecule has 0 aliphatic heterocycles. The molecule has 15 heteroatoms. The van der Waals surface area contributed by atoms with Crippen molar-refractivity contribution in [1.82, 2.24) is 0 Å². The van der Waals surface area contributed by atoms with Crippen molar-refractivity contribution in [3.8, 4) is 5.75 Å². The van der Waals surface area contributed by atoms with Gasteiger partial charge in [-0.3, -0.25) is 0 Å². The minimum absolute atomic E-state index is 0.540. The molecule has 1 aromatic carbocycles. The highest BCUT2D eigenvalue weighted by atomic mass is 32.2. The van der Waals surface area contributed by atoms with Crippen molar-refractivity contribution in [2.45, 2.75) is 23.6 Å². The van der Waals surface area contributed by atoms with Crippen molar-refractivity contribution < 1.29 is 63.1 Å². The zero-order valence-electron chi connectivity index (χ0n) is 14.5. The summed E-state index contributed by atoms with van der Waals surface area (Å²) < 4.78 is 123. The van der Waals surface area contributed by atoms with Crippen LogP contribution in [0.2, 0.25) is 0 Å². The van der Waals surface area contributed by atoms with Gasteiger partial charge in [-0.25, -0.2) is 18.0 Å². The van der Waals surface area contributed by atoms with E-state index in [1.54, 1.807) is 0 Å². The highest BCUT2D eigenvalue weighted by Crippen LogP contribution is 2.38. The van der Waals surface area contributed by atoms with Crippen molar-refractivity contribution in [3.05, 3.63) is 42.7 Å². The molecule has 0 spiro atoms. The van der Waals surface area contributed by atoms with E-state index in [4.69, 9.17) is 0 Å². The van der Waals surface area contributed by atoms with E-state index in [-0.39, 0.29) is 0 Å². The number of carbonyl (C=O) groups excluding carboxylic acids is 2. The van der Waals surface area contributed by atoms with E-state index in [9.17, 15) is 48.9 Å². The molecule has 8 nitrogen and oxygen atoms in total. The molecule has 0 fully saturated rings. The molecule has 1 unspecified atom stereocenters. The Morgan fingerprint density at radius 1 is 1.07 bits per heavy atom. The van der Waals surface area contributed by atoms with Gasteiger partial charge in [0, 0.05) is 6.42 Å². The summed E-state index contributed by atoms with van der Waals surface area (Å²) >= 11 is 0. The zero-order valence-corrected chi connectivity index (χ0v) is 15.3. The van der Waals surface area contributed by atoms with E-state index in [1.165, 1.54) is 18.2 Å². The lowest BCUT2D eigenvalue weighted by Crippen LogP contribution is -2.59. The normalized spacial score (nSPS) is 14.5. The Kier molecular flexibility index (Phi) is 7.63. The van der Waals surface area contributed by atoms with Crippen LogP contribution in [0.4, 0.5) is 26.3 Å². The minimum Gasteiger partial charge on any atom is -0.743 e. The average molecular weight is 465 g/mol. The Balaban J connectivity index is 3.31. The number of carbonyl (C=O) groups is 2. The topological polar surface area (TPSA) is 119 Å². The second kappa shape index (κ2) is 9.01. The Bertz CT molecular complexity index is 899.